The molecule has 0 aliphatic heterocycles. The molecule has 0 aliphatic rings. The fourth-order valence-electron chi connectivity index (χ4n) is 1.05. The topological polar surface area (TPSA) is 23.5 Å². The third-order valence-corrected chi connectivity index (χ3v) is 5.02. The van der Waals surface area contributed by atoms with E-state index in [9.17, 15) is 4.80 Å². The smallest absolute Gasteiger partial charge is 0.186 e. The number of rotatable bonds is 6. The largest absolute Gasteiger partial charge is 0.432 e. The van der Waals surface area contributed by atoms with Crippen LogP contribution in [-0.4, -0.2) is 44.4 Å². The first kappa shape index (κ1) is 12.5. The average molecular weight is 207 g/mol. The first-order chi connectivity index (χ1) is 5.48. The third-order valence-electron chi connectivity index (χ3n) is 1.97. The minimum Gasteiger partial charge on any atom is -0.432 e. The summed E-state index contributed by atoms with van der Waals surface area (Å²) in [6, 6.07) is 1.97. The lowest BCUT2D eigenvalue weighted by Crippen LogP contribution is -2.33. The number of nitrogens with zero attached hydrogens (tertiary/aromatic N) is 1. The minimum absolute atomic E-state index is 0.894. The standard InChI is InChI=1S/C8H21NOSSi/c1-9(2)5-8-12(3,10)7-4-6-11/h10-11H,4-8H2,1-3H3. The highest BCUT2D eigenvalue weighted by atomic mass is 32.1. The normalized spacial score (nSPS) is 16.5. The molecule has 74 valence electrons. The van der Waals surface area contributed by atoms with E-state index in [0.29, 0.717) is 0 Å². The summed E-state index contributed by atoms with van der Waals surface area (Å²) < 4.78 is 0. The van der Waals surface area contributed by atoms with E-state index in [4.69, 9.17) is 0 Å². The SMILES string of the molecule is CN(C)CC[Si](C)(O)CCCS. The van der Waals surface area contributed by atoms with Crippen LogP contribution in [0.1, 0.15) is 6.42 Å². The maximum Gasteiger partial charge on any atom is 0.186 e. The van der Waals surface area contributed by atoms with Crippen molar-refractivity contribution in [1.29, 1.82) is 0 Å². The Kier molecular flexibility index (Phi) is 6.26. The van der Waals surface area contributed by atoms with E-state index in [-0.39, 0.29) is 0 Å². The van der Waals surface area contributed by atoms with E-state index in [1.165, 1.54) is 0 Å². The zero-order valence-electron chi connectivity index (χ0n) is 8.38. The van der Waals surface area contributed by atoms with Crippen LogP contribution in [0.25, 0.3) is 0 Å². The van der Waals surface area contributed by atoms with Gasteiger partial charge in [0.05, 0.1) is 0 Å². The molecule has 1 atom stereocenters. The molecule has 0 bridgehead atoms. The van der Waals surface area contributed by atoms with Crippen molar-refractivity contribution >= 4 is 20.9 Å². The van der Waals surface area contributed by atoms with Gasteiger partial charge in [-0.2, -0.15) is 12.6 Å². The van der Waals surface area contributed by atoms with Crippen molar-refractivity contribution in [2.75, 3.05) is 26.4 Å². The quantitative estimate of drug-likeness (QED) is 0.508. The molecule has 0 spiro atoms. The van der Waals surface area contributed by atoms with Crippen molar-refractivity contribution in [2.45, 2.75) is 25.1 Å². The molecular formula is C8H21NOSSi. The Balaban J connectivity index is 3.56. The summed E-state index contributed by atoms with van der Waals surface area (Å²) in [5.41, 5.74) is 0. The van der Waals surface area contributed by atoms with E-state index >= 15 is 0 Å². The predicted molar refractivity (Wildman–Crippen MR) is 60.5 cm³/mol. The monoisotopic (exact) mass is 207 g/mol. The Morgan fingerprint density at radius 1 is 1.33 bits per heavy atom. The molecule has 4 heteroatoms. The molecule has 1 unspecified atom stereocenters. The second kappa shape index (κ2) is 6.02. The van der Waals surface area contributed by atoms with Crippen LogP contribution in [0.5, 0.6) is 0 Å². The van der Waals surface area contributed by atoms with Crippen molar-refractivity contribution in [2.24, 2.45) is 0 Å². The van der Waals surface area contributed by atoms with Gasteiger partial charge in [0.1, 0.15) is 0 Å². The summed E-state index contributed by atoms with van der Waals surface area (Å²) in [6.07, 6.45) is 1.05. The Labute approximate surface area is 82.5 Å². The molecule has 0 aromatic rings. The van der Waals surface area contributed by atoms with Gasteiger partial charge in [-0.1, -0.05) is 0 Å². The van der Waals surface area contributed by atoms with Crippen LogP contribution in [0.3, 0.4) is 0 Å². The van der Waals surface area contributed by atoms with Gasteiger partial charge < -0.3 is 9.70 Å². The highest BCUT2D eigenvalue weighted by Crippen LogP contribution is 2.14. The van der Waals surface area contributed by atoms with E-state index < -0.39 is 8.32 Å². The summed E-state index contributed by atoms with van der Waals surface area (Å²) in [6.45, 7) is 3.05. The van der Waals surface area contributed by atoms with Crippen molar-refractivity contribution in [1.82, 2.24) is 4.90 Å². The van der Waals surface area contributed by atoms with Crippen LogP contribution in [0.2, 0.25) is 18.6 Å². The molecule has 0 aromatic carbocycles. The number of thiol groups is 1. The molecule has 0 rings (SSSR count). The van der Waals surface area contributed by atoms with Gasteiger partial charge in [-0.25, -0.2) is 0 Å². The lowest BCUT2D eigenvalue weighted by molar-refractivity contribution is 0.416. The maximum absolute atomic E-state index is 9.97. The second-order valence-electron chi connectivity index (χ2n) is 3.88. The van der Waals surface area contributed by atoms with Crippen LogP contribution < -0.4 is 0 Å². The highest BCUT2D eigenvalue weighted by Gasteiger charge is 2.23. The molecule has 0 aliphatic carbocycles. The molecule has 0 saturated carbocycles. The number of hydrogen-bond donors (Lipinski definition) is 2. The summed E-state index contributed by atoms with van der Waals surface area (Å²) >= 11 is 4.14. The maximum atomic E-state index is 9.97. The second-order valence-corrected chi connectivity index (χ2v) is 8.32. The first-order valence-electron chi connectivity index (χ1n) is 4.46. The van der Waals surface area contributed by atoms with Crippen molar-refractivity contribution in [3.05, 3.63) is 0 Å². The highest BCUT2D eigenvalue weighted by molar-refractivity contribution is 7.80. The zero-order valence-corrected chi connectivity index (χ0v) is 10.3. The van der Waals surface area contributed by atoms with Crippen molar-refractivity contribution in [3.8, 4) is 0 Å². The summed E-state index contributed by atoms with van der Waals surface area (Å²) in [5.74, 6) is 0.894. The number of hydrogen-bond acceptors (Lipinski definition) is 3. The van der Waals surface area contributed by atoms with Gasteiger partial charge in [0.15, 0.2) is 8.32 Å². The van der Waals surface area contributed by atoms with E-state index in [1.54, 1.807) is 0 Å². The van der Waals surface area contributed by atoms with Crippen molar-refractivity contribution in [3.63, 3.8) is 0 Å². The van der Waals surface area contributed by atoms with Crippen LogP contribution in [0.4, 0.5) is 0 Å². The summed E-state index contributed by atoms with van der Waals surface area (Å²) in [4.78, 5) is 12.1. The summed E-state index contributed by atoms with van der Waals surface area (Å²) in [5, 5.41) is 0. The molecule has 0 heterocycles. The minimum atomic E-state index is -1.88. The molecule has 0 saturated heterocycles. The molecule has 0 aromatic heterocycles. The molecule has 12 heavy (non-hydrogen) atoms. The first-order valence-corrected chi connectivity index (χ1v) is 7.95. The van der Waals surface area contributed by atoms with Gasteiger partial charge in [0.2, 0.25) is 0 Å². The Hall–Kier alpha value is 0.487. The van der Waals surface area contributed by atoms with E-state index in [2.05, 4.69) is 17.5 Å². The van der Waals surface area contributed by atoms with Gasteiger partial charge >= 0.3 is 0 Å². The Morgan fingerprint density at radius 3 is 2.33 bits per heavy atom. The molecule has 0 radical (unpaired) electrons. The molecule has 0 amide bonds. The van der Waals surface area contributed by atoms with Gasteiger partial charge in [0, 0.05) is 0 Å². The van der Waals surface area contributed by atoms with Gasteiger partial charge in [0.25, 0.3) is 0 Å². The fourth-order valence-corrected chi connectivity index (χ4v) is 3.62. The van der Waals surface area contributed by atoms with Crippen molar-refractivity contribution < 1.29 is 4.80 Å². The van der Waals surface area contributed by atoms with Gasteiger partial charge in [-0.15, -0.1) is 0 Å². The molecule has 1 N–H and O–H groups in total. The van der Waals surface area contributed by atoms with Crippen LogP contribution >= 0.6 is 12.6 Å². The van der Waals surface area contributed by atoms with E-state index in [0.717, 1.165) is 30.8 Å². The molecular weight excluding hydrogens is 186 g/mol. The van der Waals surface area contributed by atoms with Crippen LogP contribution in [0, 0.1) is 0 Å². The third kappa shape index (κ3) is 7.15. The lowest BCUT2D eigenvalue weighted by atomic mass is 10.6. The average Bonchev–Trinajstić information content (AvgIpc) is 1.98. The van der Waals surface area contributed by atoms with Crippen LogP contribution in [-0.2, 0) is 0 Å². The van der Waals surface area contributed by atoms with E-state index in [1.807, 2.05) is 20.6 Å². The summed E-state index contributed by atoms with van der Waals surface area (Å²) in [7, 11) is 2.21. The lowest BCUT2D eigenvalue weighted by Gasteiger charge is -2.21. The zero-order chi connectivity index (χ0) is 9.61. The van der Waals surface area contributed by atoms with Gasteiger partial charge in [-0.05, 0) is 51.4 Å². The Morgan fingerprint density at radius 2 is 1.92 bits per heavy atom. The molecule has 0 fully saturated rings. The predicted octanol–water partition coefficient (Wildman–Crippen LogP) is 1.44. The van der Waals surface area contributed by atoms with Gasteiger partial charge in [-0.3, -0.25) is 0 Å². The molecule has 2 nitrogen and oxygen atoms in total. The van der Waals surface area contributed by atoms with Crippen LogP contribution in [0.15, 0.2) is 0 Å². The fraction of sp³-hybridized carbons (Fsp3) is 1.00. The Bertz CT molecular complexity index is 120.